The van der Waals surface area contributed by atoms with Crippen molar-refractivity contribution in [3.63, 3.8) is 0 Å². The van der Waals surface area contributed by atoms with Crippen molar-refractivity contribution in [3.8, 4) is 11.3 Å². The summed E-state index contributed by atoms with van der Waals surface area (Å²) in [5, 5.41) is 0.557. The Labute approximate surface area is 123 Å². The van der Waals surface area contributed by atoms with Gasteiger partial charge in [0.25, 0.3) is 0 Å². The second-order valence-electron chi connectivity index (χ2n) is 5.82. The van der Waals surface area contributed by atoms with Gasteiger partial charge < -0.3 is 9.47 Å². The Hall–Kier alpha value is -1.55. The summed E-state index contributed by atoms with van der Waals surface area (Å²) in [6.07, 6.45) is 4.29. The number of imidazole rings is 1. The topological polar surface area (TPSA) is 34.0 Å². The molecule has 1 aliphatic heterocycles. The molecule has 2 aromatic rings. The summed E-state index contributed by atoms with van der Waals surface area (Å²) in [6.45, 7) is 2.20. The molecule has 0 amide bonds. The van der Waals surface area contributed by atoms with Crippen molar-refractivity contribution in [1.82, 2.24) is 14.5 Å². The fourth-order valence-electron chi connectivity index (χ4n) is 3.24. The van der Waals surface area contributed by atoms with Gasteiger partial charge in [0.05, 0.1) is 23.1 Å². The average Bonchev–Trinajstić information content (AvgIpc) is 3.20. The van der Waals surface area contributed by atoms with Crippen molar-refractivity contribution in [2.24, 2.45) is 7.05 Å². The van der Waals surface area contributed by atoms with Crippen LogP contribution in [0, 0.1) is 0 Å². The molecule has 0 bridgehead atoms. The molecule has 0 saturated heterocycles. The quantitative estimate of drug-likeness (QED) is 0.753. The van der Waals surface area contributed by atoms with Crippen LogP contribution >= 0.6 is 11.6 Å². The zero-order chi connectivity index (χ0) is 14.0. The van der Waals surface area contributed by atoms with Crippen molar-refractivity contribution in [3.05, 3.63) is 28.9 Å². The number of hydrogen-bond acceptors (Lipinski definition) is 3. The first-order valence-corrected chi connectivity index (χ1v) is 7.41. The van der Waals surface area contributed by atoms with Crippen LogP contribution in [0.5, 0.6) is 0 Å². The third kappa shape index (κ3) is 1.48. The highest BCUT2D eigenvalue weighted by atomic mass is 35.5. The molecule has 0 spiro atoms. The Morgan fingerprint density at radius 3 is 2.75 bits per heavy atom. The highest BCUT2D eigenvalue weighted by Crippen LogP contribution is 2.48. The molecular formula is C15H17ClN4. The Kier molecular flexibility index (Phi) is 2.43. The Morgan fingerprint density at radius 2 is 2.05 bits per heavy atom. The van der Waals surface area contributed by atoms with Crippen LogP contribution in [0.25, 0.3) is 11.3 Å². The molecule has 3 heterocycles. The second kappa shape index (κ2) is 3.98. The summed E-state index contributed by atoms with van der Waals surface area (Å²) in [5.41, 5.74) is 4.46. The number of pyridine rings is 1. The predicted molar refractivity (Wildman–Crippen MR) is 80.2 cm³/mol. The molecule has 1 atom stereocenters. The molecule has 1 saturated carbocycles. The van der Waals surface area contributed by atoms with E-state index in [-0.39, 0.29) is 6.04 Å². The average molecular weight is 289 g/mol. The molecule has 4 nitrogen and oxygen atoms in total. The standard InChI is InChI=1S/C15H17ClN4/c1-8-12-11(18-15(20(12)3)9-4-5-9)10-6-7-17-14(16)13(10)19(8)2/h6-9H,4-5H2,1-3H3. The molecule has 4 rings (SSSR count). The van der Waals surface area contributed by atoms with Crippen molar-refractivity contribution in [2.75, 3.05) is 11.9 Å². The Bertz CT molecular complexity index is 702. The lowest BCUT2D eigenvalue weighted by atomic mass is 9.99. The Balaban J connectivity index is 2.01. The van der Waals surface area contributed by atoms with Gasteiger partial charge in [-0.05, 0) is 25.8 Å². The third-order valence-electron chi connectivity index (χ3n) is 4.58. The van der Waals surface area contributed by atoms with Crippen LogP contribution in [0.3, 0.4) is 0 Å². The van der Waals surface area contributed by atoms with Crippen LogP contribution in [0.4, 0.5) is 5.69 Å². The van der Waals surface area contributed by atoms with Gasteiger partial charge in [0.1, 0.15) is 5.82 Å². The van der Waals surface area contributed by atoms with Crippen molar-refractivity contribution >= 4 is 17.3 Å². The van der Waals surface area contributed by atoms with Gasteiger partial charge in [-0.1, -0.05) is 11.6 Å². The number of fused-ring (bicyclic) bond motifs is 3. The van der Waals surface area contributed by atoms with Crippen LogP contribution in [0.15, 0.2) is 12.3 Å². The molecule has 2 aromatic heterocycles. The normalized spacial score (nSPS) is 20.8. The smallest absolute Gasteiger partial charge is 0.152 e. The lowest BCUT2D eigenvalue weighted by Gasteiger charge is -2.34. The molecule has 5 heteroatoms. The number of nitrogens with zero attached hydrogens (tertiary/aromatic N) is 4. The first-order chi connectivity index (χ1) is 9.59. The maximum absolute atomic E-state index is 6.30. The number of anilines is 1. The molecule has 1 fully saturated rings. The van der Waals surface area contributed by atoms with E-state index in [9.17, 15) is 0 Å². The summed E-state index contributed by atoms with van der Waals surface area (Å²) in [4.78, 5) is 11.3. The highest BCUT2D eigenvalue weighted by molar-refractivity contribution is 6.32. The third-order valence-corrected chi connectivity index (χ3v) is 4.86. The first kappa shape index (κ1) is 12.2. The molecular weight excluding hydrogens is 272 g/mol. The van der Waals surface area contributed by atoms with Crippen LogP contribution in [0.2, 0.25) is 5.15 Å². The summed E-state index contributed by atoms with van der Waals surface area (Å²) < 4.78 is 2.28. The van der Waals surface area contributed by atoms with Crippen LogP contribution in [-0.2, 0) is 7.05 Å². The van der Waals surface area contributed by atoms with E-state index in [1.165, 1.54) is 24.4 Å². The fraction of sp³-hybridized carbons (Fsp3) is 0.467. The largest absolute Gasteiger partial charge is 0.363 e. The molecule has 0 aromatic carbocycles. The molecule has 104 valence electrons. The minimum Gasteiger partial charge on any atom is -0.363 e. The minimum absolute atomic E-state index is 0.254. The Morgan fingerprint density at radius 1 is 1.30 bits per heavy atom. The van der Waals surface area contributed by atoms with E-state index >= 15 is 0 Å². The number of halogens is 1. The molecule has 0 radical (unpaired) electrons. The number of hydrogen-bond donors (Lipinski definition) is 0. The summed E-state index contributed by atoms with van der Waals surface area (Å²) in [7, 11) is 4.21. The van der Waals surface area contributed by atoms with E-state index in [1.807, 2.05) is 6.07 Å². The number of aromatic nitrogens is 3. The van der Waals surface area contributed by atoms with Crippen molar-refractivity contribution in [1.29, 1.82) is 0 Å². The maximum atomic E-state index is 6.30. The molecule has 20 heavy (non-hydrogen) atoms. The number of rotatable bonds is 1. The molecule has 0 N–H and O–H groups in total. The van der Waals surface area contributed by atoms with Gasteiger partial charge in [-0.15, -0.1) is 0 Å². The SMILES string of the molecule is CC1c2c(nc(C3CC3)n2C)-c2ccnc(Cl)c2N1C. The first-order valence-electron chi connectivity index (χ1n) is 7.03. The van der Waals surface area contributed by atoms with Gasteiger partial charge in [0.15, 0.2) is 5.15 Å². The highest BCUT2D eigenvalue weighted by Gasteiger charge is 2.36. The van der Waals surface area contributed by atoms with E-state index < -0.39 is 0 Å². The molecule has 2 aliphatic rings. The van der Waals surface area contributed by atoms with Gasteiger partial charge >= 0.3 is 0 Å². The lowest BCUT2D eigenvalue weighted by Crippen LogP contribution is -2.28. The van der Waals surface area contributed by atoms with Crippen LogP contribution < -0.4 is 4.90 Å². The van der Waals surface area contributed by atoms with Crippen LogP contribution in [0.1, 0.15) is 43.2 Å². The fourth-order valence-corrected chi connectivity index (χ4v) is 3.54. The van der Waals surface area contributed by atoms with Gasteiger partial charge in [-0.3, -0.25) is 0 Å². The van der Waals surface area contributed by atoms with Crippen molar-refractivity contribution < 1.29 is 0 Å². The predicted octanol–water partition coefficient (Wildman–Crippen LogP) is 3.52. The van der Waals surface area contributed by atoms with Gasteiger partial charge in [-0.2, -0.15) is 0 Å². The van der Waals surface area contributed by atoms with E-state index in [1.54, 1.807) is 6.20 Å². The minimum atomic E-state index is 0.254. The molecule has 1 unspecified atom stereocenters. The zero-order valence-corrected chi connectivity index (χ0v) is 12.6. The second-order valence-corrected chi connectivity index (χ2v) is 6.18. The van der Waals surface area contributed by atoms with Crippen LogP contribution in [-0.4, -0.2) is 21.6 Å². The van der Waals surface area contributed by atoms with Gasteiger partial charge in [0, 0.05) is 31.8 Å². The lowest BCUT2D eigenvalue weighted by molar-refractivity contribution is 0.649. The molecule has 1 aliphatic carbocycles. The van der Waals surface area contributed by atoms with E-state index in [2.05, 4.69) is 35.5 Å². The summed E-state index contributed by atoms with van der Waals surface area (Å²) in [5.74, 6) is 1.86. The summed E-state index contributed by atoms with van der Waals surface area (Å²) in [6, 6.07) is 2.27. The van der Waals surface area contributed by atoms with E-state index in [0.717, 1.165) is 16.9 Å². The van der Waals surface area contributed by atoms with E-state index in [0.29, 0.717) is 11.1 Å². The summed E-state index contributed by atoms with van der Waals surface area (Å²) >= 11 is 6.30. The van der Waals surface area contributed by atoms with Gasteiger partial charge in [-0.25, -0.2) is 9.97 Å². The van der Waals surface area contributed by atoms with Gasteiger partial charge in [0.2, 0.25) is 0 Å². The zero-order valence-electron chi connectivity index (χ0n) is 11.9. The van der Waals surface area contributed by atoms with Crippen molar-refractivity contribution in [2.45, 2.75) is 31.7 Å². The maximum Gasteiger partial charge on any atom is 0.152 e. The monoisotopic (exact) mass is 288 g/mol. The van der Waals surface area contributed by atoms with E-state index in [4.69, 9.17) is 16.6 Å².